The van der Waals surface area contributed by atoms with Crippen molar-refractivity contribution in [2.24, 2.45) is 10.2 Å². The highest BCUT2D eigenvalue weighted by Crippen LogP contribution is 2.08. The summed E-state index contributed by atoms with van der Waals surface area (Å²) < 4.78 is 0. The van der Waals surface area contributed by atoms with Crippen molar-refractivity contribution in [1.29, 1.82) is 5.26 Å². The van der Waals surface area contributed by atoms with Gasteiger partial charge in [-0.3, -0.25) is 4.79 Å². The molecule has 1 heterocycles. The lowest BCUT2D eigenvalue weighted by Crippen LogP contribution is -2.19. The molecule has 0 radical (unpaired) electrons. The molecule has 1 aliphatic heterocycles. The Morgan fingerprint density at radius 1 is 1.41 bits per heavy atom. The van der Waals surface area contributed by atoms with E-state index in [0.29, 0.717) is 16.5 Å². The summed E-state index contributed by atoms with van der Waals surface area (Å²) in [6, 6.07) is 9.02. The van der Waals surface area contributed by atoms with Gasteiger partial charge in [0, 0.05) is 0 Å². The summed E-state index contributed by atoms with van der Waals surface area (Å²) in [6.07, 6.45) is 1.57. The fourth-order valence-electron chi connectivity index (χ4n) is 1.17. The van der Waals surface area contributed by atoms with Crippen LogP contribution >= 0.6 is 11.8 Å². The van der Waals surface area contributed by atoms with Gasteiger partial charge in [-0.05, 0) is 17.7 Å². The molecule has 1 amide bonds. The first-order valence-corrected chi connectivity index (χ1v) is 5.80. The number of carbonyl (C=O) groups is 1. The van der Waals surface area contributed by atoms with E-state index in [-0.39, 0.29) is 5.91 Å². The Kier molecular flexibility index (Phi) is 3.52. The Morgan fingerprint density at radius 2 is 2.18 bits per heavy atom. The molecule has 0 bridgehead atoms. The molecular formula is C11H8N4OS. The first-order chi connectivity index (χ1) is 8.28. The highest BCUT2D eigenvalue weighted by atomic mass is 32.2. The summed E-state index contributed by atoms with van der Waals surface area (Å²) in [5, 5.41) is 19.4. The zero-order valence-corrected chi connectivity index (χ0v) is 9.57. The second-order valence-electron chi connectivity index (χ2n) is 3.22. The zero-order valence-electron chi connectivity index (χ0n) is 8.75. The second kappa shape index (κ2) is 5.27. The van der Waals surface area contributed by atoms with Gasteiger partial charge < -0.3 is 5.32 Å². The molecule has 17 heavy (non-hydrogen) atoms. The Hall–Kier alpha value is -2.13. The zero-order chi connectivity index (χ0) is 12.1. The van der Waals surface area contributed by atoms with E-state index in [1.165, 1.54) is 11.8 Å². The van der Waals surface area contributed by atoms with Crippen LogP contribution in [0.4, 0.5) is 0 Å². The van der Waals surface area contributed by atoms with Crippen LogP contribution in [-0.4, -0.2) is 23.0 Å². The standard InChI is InChI=1S/C11H8N4OS/c12-5-8-1-3-9(4-2-8)6-13-15-11-14-10(16)7-17-11/h1-4,6H,7H2,(H,14,15,16)/b13-6+. The van der Waals surface area contributed by atoms with Gasteiger partial charge in [-0.2, -0.15) is 10.4 Å². The Labute approximate surface area is 102 Å². The molecule has 0 spiro atoms. The van der Waals surface area contributed by atoms with Gasteiger partial charge in [0.05, 0.1) is 23.6 Å². The average molecular weight is 244 g/mol. The molecule has 1 aromatic rings. The van der Waals surface area contributed by atoms with Crippen LogP contribution < -0.4 is 5.32 Å². The van der Waals surface area contributed by atoms with Gasteiger partial charge in [0.2, 0.25) is 5.91 Å². The van der Waals surface area contributed by atoms with Crippen molar-refractivity contribution in [2.75, 3.05) is 5.75 Å². The minimum atomic E-state index is -0.0534. The highest BCUT2D eigenvalue weighted by molar-refractivity contribution is 8.15. The van der Waals surface area contributed by atoms with Crippen molar-refractivity contribution < 1.29 is 4.79 Å². The number of hydrogen-bond donors (Lipinski definition) is 1. The SMILES string of the molecule is N#Cc1ccc(/C=N/N=C2\NC(=O)CS2)cc1. The number of rotatable bonds is 2. The maximum absolute atomic E-state index is 10.9. The third kappa shape index (κ3) is 3.16. The number of amidine groups is 1. The lowest BCUT2D eigenvalue weighted by molar-refractivity contribution is -0.116. The first-order valence-electron chi connectivity index (χ1n) is 4.82. The molecule has 6 heteroatoms. The van der Waals surface area contributed by atoms with Crippen LogP contribution in [-0.2, 0) is 4.79 Å². The minimum absolute atomic E-state index is 0.0534. The van der Waals surface area contributed by atoms with Crippen molar-refractivity contribution in [3.63, 3.8) is 0 Å². The maximum atomic E-state index is 10.9. The van der Waals surface area contributed by atoms with Gasteiger partial charge in [0.15, 0.2) is 5.17 Å². The molecule has 0 saturated carbocycles. The van der Waals surface area contributed by atoms with Crippen molar-refractivity contribution >= 4 is 29.1 Å². The Morgan fingerprint density at radius 3 is 2.76 bits per heavy atom. The molecule has 84 valence electrons. The predicted octanol–water partition coefficient (Wildman–Crippen LogP) is 1.11. The number of nitrogens with zero attached hydrogens (tertiary/aromatic N) is 3. The number of carbonyl (C=O) groups excluding carboxylic acids is 1. The Bertz CT molecular complexity index is 527. The van der Waals surface area contributed by atoms with Gasteiger partial charge in [-0.25, -0.2) is 0 Å². The molecule has 0 aromatic heterocycles. The van der Waals surface area contributed by atoms with Crippen molar-refractivity contribution in [2.45, 2.75) is 0 Å². The van der Waals surface area contributed by atoms with E-state index in [2.05, 4.69) is 15.5 Å². The van der Waals surface area contributed by atoms with Gasteiger partial charge in [-0.15, -0.1) is 5.10 Å². The molecule has 1 aromatic carbocycles. The van der Waals surface area contributed by atoms with E-state index < -0.39 is 0 Å². The van der Waals surface area contributed by atoms with E-state index in [1.807, 2.05) is 6.07 Å². The van der Waals surface area contributed by atoms with Gasteiger partial charge in [-0.1, -0.05) is 23.9 Å². The molecule has 0 unspecified atom stereocenters. The highest BCUT2D eigenvalue weighted by Gasteiger charge is 2.15. The number of hydrogen-bond acceptors (Lipinski definition) is 5. The Balaban J connectivity index is 2.01. The van der Waals surface area contributed by atoms with Gasteiger partial charge >= 0.3 is 0 Å². The third-order valence-corrected chi connectivity index (χ3v) is 2.85. The van der Waals surface area contributed by atoms with E-state index >= 15 is 0 Å². The number of thioether (sulfide) groups is 1. The summed E-state index contributed by atoms with van der Waals surface area (Å²) >= 11 is 1.32. The number of benzene rings is 1. The van der Waals surface area contributed by atoms with Crippen molar-refractivity contribution in [3.8, 4) is 6.07 Å². The maximum Gasteiger partial charge on any atom is 0.236 e. The van der Waals surface area contributed by atoms with E-state index in [0.717, 1.165) is 5.56 Å². The predicted molar refractivity (Wildman–Crippen MR) is 66.8 cm³/mol. The van der Waals surface area contributed by atoms with Crippen LogP contribution in [0.3, 0.4) is 0 Å². The minimum Gasteiger partial charge on any atom is -0.303 e. The quantitative estimate of drug-likeness (QED) is 0.625. The third-order valence-electron chi connectivity index (χ3n) is 1.98. The molecule has 1 N–H and O–H groups in total. The van der Waals surface area contributed by atoms with E-state index in [4.69, 9.17) is 5.26 Å². The van der Waals surface area contributed by atoms with Crippen molar-refractivity contribution in [1.82, 2.24) is 5.32 Å². The monoisotopic (exact) mass is 244 g/mol. The molecule has 1 saturated heterocycles. The summed E-state index contributed by atoms with van der Waals surface area (Å²) in [5.74, 6) is 0.341. The first kappa shape index (κ1) is 11.4. The number of nitriles is 1. The van der Waals surface area contributed by atoms with Crippen LogP contribution in [0, 0.1) is 11.3 Å². The van der Waals surface area contributed by atoms with Gasteiger partial charge in [0.25, 0.3) is 0 Å². The molecule has 2 rings (SSSR count). The fourth-order valence-corrected chi connectivity index (χ4v) is 1.80. The van der Waals surface area contributed by atoms with E-state index in [9.17, 15) is 4.79 Å². The second-order valence-corrected chi connectivity index (χ2v) is 4.18. The summed E-state index contributed by atoms with van der Waals surface area (Å²) in [4.78, 5) is 10.9. The molecule has 1 fully saturated rings. The summed E-state index contributed by atoms with van der Waals surface area (Å²) in [7, 11) is 0. The van der Waals surface area contributed by atoms with Crippen molar-refractivity contribution in [3.05, 3.63) is 35.4 Å². The topological polar surface area (TPSA) is 77.6 Å². The van der Waals surface area contributed by atoms with Crippen LogP contribution in [0.15, 0.2) is 34.5 Å². The fraction of sp³-hybridized carbons (Fsp3) is 0.0909. The smallest absolute Gasteiger partial charge is 0.236 e. The molecule has 0 aliphatic carbocycles. The average Bonchev–Trinajstić information content (AvgIpc) is 2.76. The van der Waals surface area contributed by atoms with Crippen LogP contribution in [0.1, 0.15) is 11.1 Å². The van der Waals surface area contributed by atoms with Gasteiger partial charge in [0.1, 0.15) is 0 Å². The summed E-state index contributed by atoms with van der Waals surface area (Å²) in [6.45, 7) is 0. The summed E-state index contributed by atoms with van der Waals surface area (Å²) in [5.41, 5.74) is 1.45. The van der Waals surface area contributed by atoms with Crippen LogP contribution in [0.25, 0.3) is 0 Å². The number of nitrogens with one attached hydrogen (secondary N) is 1. The lowest BCUT2D eigenvalue weighted by Gasteiger charge is -1.92. The largest absolute Gasteiger partial charge is 0.303 e. The number of amides is 1. The van der Waals surface area contributed by atoms with Crippen LogP contribution in [0.2, 0.25) is 0 Å². The normalized spacial score (nSPS) is 17.4. The molecule has 1 aliphatic rings. The molecule has 5 nitrogen and oxygen atoms in total. The van der Waals surface area contributed by atoms with E-state index in [1.54, 1.807) is 30.5 Å². The molecule has 0 atom stereocenters. The lowest BCUT2D eigenvalue weighted by atomic mass is 10.2. The van der Waals surface area contributed by atoms with Crippen LogP contribution in [0.5, 0.6) is 0 Å². The molecular weight excluding hydrogens is 236 g/mol.